The number of halogens is 2. The monoisotopic (exact) mass is 536 g/mol. The van der Waals surface area contributed by atoms with Crippen LogP contribution in [-0.4, -0.2) is 17.3 Å². The van der Waals surface area contributed by atoms with Crippen molar-refractivity contribution in [3.63, 3.8) is 0 Å². The Kier molecular flexibility index (Phi) is 8.26. The maximum absolute atomic E-state index is 6.61. The molecule has 0 saturated heterocycles. The van der Waals surface area contributed by atoms with Crippen molar-refractivity contribution in [2.24, 2.45) is 5.10 Å². The van der Waals surface area contributed by atoms with Gasteiger partial charge in [0.2, 0.25) is 6.23 Å². The van der Waals surface area contributed by atoms with E-state index in [2.05, 4.69) is 55.3 Å². The van der Waals surface area contributed by atoms with E-state index in [1.807, 2.05) is 18.2 Å². The lowest BCUT2D eigenvalue weighted by atomic mass is 9.95. The molecule has 2 heterocycles. The molecular formula is C31H34Cl2N2O2. The molecule has 3 aromatic rings. The molecule has 2 aliphatic heterocycles. The second kappa shape index (κ2) is 11.8. The number of ether oxygens (including phenoxy) is 2. The Balaban J connectivity index is 1.35. The maximum atomic E-state index is 6.61. The smallest absolute Gasteiger partial charge is 0.213 e. The van der Waals surface area contributed by atoms with Crippen molar-refractivity contribution in [2.75, 3.05) is 6.61 Å². The zero-order valence-corrected chi connectivity index (χ0v) is 23.1. The minimum Gasteiger partial charge on any atom is -0.494 e. The summed E-state index contributed by atoms with van der Waals surface area (Å²) < 4.78 is 12.5. The summed E-state index contributed by atoms with van der Waals surface area (Å²) in [6.07, 6.45) is 7.86. The van der Waals surface area contributed by atoms with Crippen LogP contribution in [0.3, 0.4) is 0 Å². The number of aryl methyl sites for hydroxylation is 1. The first-order valence-corrected chi connectivity index (χ1v) is 14.1. The molecule has 0 fully saturated rings. The SMILES string of the molecule is CCCCCCCCOc1ccc([C@@H]2Oc3c(Cl)cc(Cl)cc3[C@H]3CC(c4ccc(C)cc4)=NN32)cc1. The first-order valence-electron chi connectivity index (χ1n) is 13.3. The van der Waals surface area contributed by atoms with Crippen molar-refractivity contribution in [1.82, 2.24) is 5.01 Å². The molecule has 2 aliphatic rings. The van der Waals surface area contributed by atoms with Crippen LogP contribution in [0.25, 0.3) is 0 Å². The van der Waals surface area contributed by atoms with E-state index in [9.17, 15) is 0 Å². The Morgan fingerprint density at radius 3 is 2.43 bits per heavy atom. The zero-order valence-electron chi connectivity index (χ0n) is 21.6. The molecule has 194 valence electrons. The summed E-state index contributed by atoms with van der Waals surface area (Å²) in [5.41, 5.74) is 5.35. The Hall–Kier alpha value is -2.69. The molecule has 4 nitrogen and oxygen atoms in total. The van der Waals surface area contributed by atoms with Crippen LogP contribution in [0, 0.1) is 6.92 Å². The molecule has 3 aromatic carbocycles. The molecule has 0 aliphatic carbocycles. The van der Waals surface area contributed by atoms with Crippen molar-refractivity contribution in [1.29, 1.82) is 0 Å². The normalized spacial score (nSPS) is 18.2. The van der Waals surface area contributed by atoms with E-state index in [-0.39, 0.29) is 6.04 Å². The Morgan fingerprint density at radius 2 is 1.68 bits per heavy atom. The number of rotatable bonds is 10. The fourth-order valence-electron chi connectivity index (χ4n) is 5.06. The van der Waals surface area contributed by atoms with Crippen LogP contribution in [0.5, 0.6) is 11.5 Å². The number of fused-ring (bicyclic) bond motifs is 3. The third kappa shape index (κ3) is 5.91. The van der Waals surface area contributed by atoms with Crippen LogP contribution in [0.4, 0.5) is 0 Å². The summed E-state index contributed by atoms with van der Waals surface area (Å²) >= 11 is 13.0. The zero-order chi connectivity index (χ0) is 25.8. The maximum Gasteiger partial charge on any atom is 0.213 e. The van der Waals surface area contributed by atoms with Gasteiger partial charge in [-0.2, -0.15) is 5.10 Å². The van der Waals surface area contributed by atoms with E-state index in [4.69, 9.17) is 37.8 Å². The molecular weight excluding hydrogens is 503 g/mol. The van der Waals surface area contributed by atoms with E-state index < -0.39 is 6.23 Å². The molecule has 37 heavy (non-hydrogen) atoms. The molecule has 0 amide bonds. The molecule has 0 radical (unpaired) electrons. The van der Waals surface area contributed by atoms with Gasteiger partial charge in [-0.25, -0.2) is 5.01 Å². The molecule has 0 N–H and O–H groups in total. The Morgan fingerprint density at radius 1 is 0.946 bits per heavy atom. The van der Waals surface area contributed by atoms with Gasteiger partial charge in [0.15, 0.2) is 0 Å². The van der Waals surface area contributed by atoms with E-state index >= 15 is 0 Å². The molecule has 0 bridgehead atoms. The molecule has 0 aromatic heterocycles. The molecule has 2 atom stereocenters. The van der Waals surface area contributed by atoms with Gasteiger partial charge < -0.3 is 9.47 Å². The predicted molar refractivity (Wildman–Crippen MR) is 152 cm³/mol. The summed E-state index contributed by atoms with van der Waals surface area (Å²) in [5.74, 6) is 1.56. The first-order chi connectivity index (χ1) is 18.0. The average Bonchev–Trinajstić information content (AvgIpc) is 3.35. The summed E-state index contributed by atoms with van der Waals surface area (Å²) in [5, 5.41) is 8.22. The largest absolute Gasteiger partial charge is 0.494 e. The quantitative estimate of drug-likeness (QED) is 0.242. The minimum absolute atomic E-state index is 0.00936. The number of nitrogens with zero attached hydrogens (tertiary/aromatic N) is 2. The van der Waals surface area contributed by atoms with Gasteiger partial charge >= 0.3 is 0 Å². The summed E-state index contributed by atoms with van der Waals surface area (Å²) in [4.78, 5) is 0. The highest BCUT2D eigenvalue weighted by Gasteiger charge is 2.42. The molecule has 0 saturated carbocycles. The average molecular weight is 538 g/mol. The fourth-order valence-corrected chi connectivity index (χ4v) is 5.61. The van der Waals surface area contributed by atoms with Gasteiger partial charge in [-0.05, 0) is 55.3 Å². The summed E-state index contributed by atoms with van der Waals surface area (Å²) in [7, 11) is 0. The predicted octanol–water partition coefficient (Wildman–Crippen LogP) is 9.28. The van der Waals surface area contributed by atoms with Crippen molar-refractivity contribution >= 4 is 28.9 Å². The molecule has 0 unspecified atom stereocenters. The van der Waals surface area contributed by atoms with Gasteiger partial charge in [0, 0.05) is 22.6 Å². The number of benzene rings is 3. The van der Waals surface area contributed by atoms with Gasteiger partial charge in [-0.15, -0.1) is 0 Å². The van der Waals surface area contributed by atoms with Crippen molar-refractivity contribution in [3.05, 3.63) is 93.0 Å². The van der Waals surface area contributed by atoms with E-state index in [0.29, 0.717) is 15.8 Å². The number of unbranched alkanes of at least 4 members (excludes halogenated alkanes) is 5. The first kappa shape index (κ1) is 25.9. The van der Waals surface area contributed by atoms with Crippen molar-refractivity contribution in [3.8, 4) is 11.5 Å². The summed E-state index contributed by atoms with van der Waals surface area (Å²) in [6.45, 7) is 5.08. The molecule has 0 spiro atoms. The highest BCUT2D eigenvalue weighted by Crippen LogP contribution is 2.50. The topological polar surface area (TPSA) is 34.1 Å². The van der Waals surface area contributed by atoms with Crippen LogP contribution >= 0.6 is 23.2 Å². The standard InChI is InChI=1S/C31H34Cl2N2O2/c1-3-4-5-6-7-8-17-36-25-15-13-23(14-16-25)31-35-29(26-18-24(32)19-27(33)30(26)37-31)20-28(34-35)22-11-9-21(2)10-12-22/h9-16,18-19,29,31H,3-8,17,20H2,1-2H3/t29-,31+/m1/s1. The lowest BCUT2D eigenvalue weighted by Gasteiger charge is -2.38. The van der Waals surface area contributed by atoms with Gasteiger partial charge in [0.1, 0.15) is 11.5 Å². The second-order valence-corrected chi connectivity index (χ2v) is 10.8. The van der Waals surface area contributed by atoms with Gasteiger partial charge in [-0.1, -0.05) is 92.1 Å². The molecule has 5 rings (SSSR count). The van der Waals surface area contributed by atoms with E-state index in [1.54, 1.807) is 6.07 Å². The van der Waals surface area contributed by atoms with E-state index in [0.717, 1.165) is 47.6 Å². The Bertz CT molecular complexity index is 1240. The van der Waals surface area contributed by atoms with E-state index in [1.165, 1.54) is 37.7 Å². The van der Waals surface area contributed by atoms with Crippen LogP contribution in [0.15, 0.2) is 65.8 Å². The van der Waals surface area contributed by atoms with Gasteiger partial charge in [0.25, 0.3) is 0 Å². The molecule has 6 heteroatoms. The van der Waals surface area contributed by atoms with Crippen LogP contribution in [0.2, 0.25) is 10.0 Å². The second-order valence-electron chi connectivity index (χ2n) is 9.97. The van der Waals surface area contributed by atoms with Gasteiger partial charge in [0.05, 0.1) is 23.4 Å². The number of hydrogen-bond donors (Lipinski definition) is 0. The highest BCUT2D eigenvalue weighted by molar-refractivity contribution is 6.35. The summed E-state index contributed by atoms with van der Waals surface area (Å²) in [6, 6.07) is 20.3. The fraction of sp³-hybridized carbons (Fsp3) is 0.387. The third-order valence-corrected chi connectivity index (χ3v) is 7.62. The Labute approximate surface area is 230 Å². The van der Waals surface area contributed by atoms with Crippen LogP contribution in [0.1, 0.15) is 86.4 Å². The lowest BCUT2D eigenvalue weighted by molar-refractivity contribution is -0.0189. The number of hydrazone groups is 1. The van der Waals surface area contributed by atoms with Crippen LogP contribution < -0.4 is 9.47 Å². The lowest BCUT2D eigenvalue weighted by Crippen LogP contribution is -2.33. The van der Waals surface area contributed by atoms with Crippen molar-refractivity contribution < 1.29 is 9.47 Å². The van der Waals surface area contributed by atoms with Crippen molar-refractivity contribution in [2.45, 2.75) is 71.1 Å². The van der Waals surface area contributed by atoms with Crippen LogP contribution in [-0.2, 0) is 0 Å². The number of hydrogen-bond acceptors (Lipinski definition) is 4. The highest BCUT2D eigenvalue weighted by atomic mass is 35.5. The minimum atomic E-state index is -0.397. The third-order valence-electron chi connectivity index (χ3n) is 7.12. The van der Waals surface area contributed by atoms with Gasteiger partial charge in [-0.3, -0.25) is 0 Å².